The fourth-order valence-electron chi connectivity index (χ4n) is 1.73. The number of hydrogen-bond donors (Lipinski definition) is 0. The van der Waals surface area contributed by atoms with Crippen LogP contribution in [0.5, 0.6) is 5.75 Å². The number of benzene rings is 1. The van der Waals surface area contributed by atoms with Gasteiger partial charge in [0.1, 0.15) is 5.75 Å². The predicted molar refractivity (Wildman–Crippen MR) is 72.2 cm³/mol. The van der Waals surface area contributed by atoms with Gasteiger partial charge in [0, 0.05) is 16.7 Å². The molecule has 1 aromatic carbocycles. The number of thioether (sulfide) groups is 1. The first kappa shape index (κ1) is 12.5. The number of carbonyl (C=O) groups excluding carboxylic acids is 1. The van der Waals surface area contributed by atoms with Crippen molar-refractivity contribution in [1.29, 1.82) is 0 Å². The molecule has 17 heavy (non-hydrogen) atoms. The maximum atomic E-state index is 12.0. The van der Waals surface area contributed by atoms with Crippen molar-refractivity contribution in [3.63, 3.8) is 0 Å². The Bertz CT molecular complexity index is 432. The summed E-state index contributed by atoms with van der Waals surface area (Å²) in [5.41, 5.74) is 1.97. The van der Waals surface area contributed by atoms with E-state index in [0.717, 1.165) is 29.9 Å². The van der Waals surface area contributed by atoms with E-state index in [-0.39, 0.29) is 10.5 Å². The van der Waals surface area contributed by atoms with E-state index in [1.165, 1.54) is 0 Å². The van der Waals surface area contributed by atoms with Crippen molar-refractivity contribution in [3.05, 3.63) is 29.3 Å². The molecule has 0 bridgehead atoms. The summed E-state index contributed by atoms with van der Waals surface area (Å²) in [5, 5.41) is 0. The van der Waals surface area contributed by atoms with Crippen LogP contribution in [0.15, 0.2) is 18.2 Å². The Morgan fingerprint density at radius 3 is 2.88 bits per heavy atom. The molecular formula is C14H18O2S. The van der Waals surface area contributed by atoms with E-state index < -0.39 is 0 Å². The first-order chi connectivity index (χ1) is 7.96. The second kappa shape index (κ2) is 4.73. The van der Waals surface area contributed by atoms with E-state index >= 15 is 0 Å². The number of fused-ring (bicyclic) bond motifs is 1. The fourth-order valence-corrected chi connectivity index (χ4v) is 2.46. The Balaban J connectivity index is 2.05. The van der Waals surface area contributed by atoms with Crippen molar-refractivity contribution in [2.45, 2.75) is 31.9 Å². The molecule has 2 rings (SSSR count). The van der Waals surface area contributed by atoms with Crippen LogP contribution in [0.3, 0.4) is 0 Å². The lowest BCUT2D eigenvalue weighted by Gasteiger charge is -2.16. The fraction of sp³-hybridized carbons (Fsp3) is 0.500. The Morgan fingerprint density at radius 1 is 1.41 bits per heavy atom. The number of ketones is 1. The third-order valence-electron chi connectivity index (χ3n) is 2.65. The molecule has 0 N–H and O–H groups in total. The van der Waals surface area contributed by atoms with E-state index in [9.17, 15) is 4.79 Å². The van der Waals surface area contributed by atoms with Crippen LogP contribution in [-0.4, -0.2) is 22.9 Å². The summed E-state index contributed by atoms with van der Waals surface area (Å²) in [4.78, 5) is 12.0. The molecule has 0 aliphatic carbocycles. The molecule has 1 aliphatic heterocycles. The SMILES string of the molecule is CC(C)(C)SCC(=O)c1ccc2c(c1)CCO2. The molecule has 1 aliphatic rings. The summed E-state index contributed by atoms with van der Waals surface area (Å²) in [7, 11) is 0. The zero-order valence-corrected chi connectivity index (χ0v) is 11.4. The van der Waals surface area contributed by atoms with Crippen LogP contribution in [0.2, 0.25) is 0 Å². The average Bonchev–Trinajstić information content (AvgIpc) is 2.71. The highest BCUT2D eigenvalue weighted by molar-refractivity contribution is 8.01. The molecular weight excluding hydrogens is 232 g/mol. The molecule has 0 saturated heterocycles. The minimum Gasteiger partial charge on any atom is -0.493 e. The van der Waals surface area contributed by atoms with Crippen molar-refractivity contribution in [3.8, 4) is 5.75 Å². The highest BCUT2D eigenvalue weighted by atomic mass is 32.2. The Kier molecular flexibility index (Phi) is 3.48. The molecule has 0 spiro atoms. The normalized spacial score (nSPS) is 14.3. The standard InChI is InChI=1S/C14H18O2S/c1-14(2,3)17-9-12(15)10-4-5-13-11(8-10)6-7-16-13/h4-5,8H,6-7,9H2,1-3H3. The molecule has 0 fully saturated rings. The highest BCUT2D eigenvalue weighted by Crippen LogP contribution is 2.28. The first-order valence-corrected chi connectivity index (χ1v) is 6.87. The van der Waals surface area contributed by atoms with E-state index in [0.29, 0.717) is 5.75 Å². The summed E-state index contributed by atoms with van der Waals surface area (Å²) < 4.78 is 5.57. The molecule has 0 unspecified atom stereocenters. The number of ether oxygens (including phenoxy) is 1. The van der Waals surface area contributed by atoms with Gasteiger partial charge in [0.25, 0.3) is 0 Å². The van der Waals surface area contributed by atoms with Crippen LogP contribution in [0, 0.1) is 0 Å². The lowest BCUT2D eigenvalue weighted by atomic mass is 10.1. The van der Waals surface area contributed by atoms with Gasteiger partial charge in [-0.3, -0.25) is 4.79 Å². The molecule has 0 aromatic heterocycles. The minimum absolute atomic E-state index is 0.134. The molecule has 0 saturated carbocycles. The topological polar surface area (TPSA) is 26.3 Å². The van der Waals surface area contributed by atoms with Gasteiger partial charge in [-0.05, 0) is 23.8 Å². The molecule has 92 valence electrons. The van der Waals surface area contributed by atoms with Gasteiger partial charge >= 0.3 is 0 Å². The van der Waals surface area contributed by atoms with Gasteiger partial charge in [-0.15, -0.1) is 11.8 Å². The van der Waals surface area contributed by atoms with Gasteiger partial charge in [-0.2, -0.15) is 0 Å². The second-order valence-corrected chi connectivity index (χ2v) is 7.05. The number of rotatable bonds is 3. The smallest absolute Gasteiger partial charge is 0.172 e. The van der Waals surface area contributed by atoms with Crippen molar-refractivity contribution in [2.75, 3.05) is 12.4 Å². The van der Waals surface area contributed by atoms with Gasteiger partial charge in [0.15, 0.2) is 5.78 Å². The first-order valence-electron chi connectivity index (χ1n) is 5.88. The molecule has 0 radical (unpaired) electrons. The van der Waals surface area contributed by atoms with Crippen LogP contribution < -0.4 is 4.74 Å². The van der Waals surface area contributed by atoms with Crippen LogP contribution in [0.25, 0.3) is 0 Å². The van der Waals surface area contributed by atoms with Gasteiger partial charge in [-0.1, -0.05) is 20.8 Å². The van der Waals surface area contributed by atoms with Crippen LogP contribution in [0.1, 0.15) is 36.7 Å². The third kappa shape index (κ3) is 3.25. The predicted octanol–water partition coefficient (Wildman–Crippen LogP) is 3.34. The van der Waals surface area contributed by atoms with Crippen LogP contribution in [0.4, 0.5) is 0 Å². The maximum Gasteiger partial charge on any atom is 0.172 e. The summed E-state index contributed by atoms with van der Waals surface area (Å²) in [5.74, 6) is 1.69. The Morgan fingerprint density at radius 2 is 2.18 bits per heavy atom. The molecule has 1 heterocycles. The molecule has 0 atom stereocenters. The lowest BCUT2D eigenvalue weighted by molar-refractivity contribution is 0.102. The zero-order chi connectivity index (χ0) is 12.5. The largest absolute Gasteiger partial charge is 0.493 e. The Labute approximate surface area is 107 Å². The molecule has 0 amide bonds. The zero-order valence-electron chi connectivity index (χ0n) is 10.6. The summed E-state index contributed by atoms with van der Waals surface area (Å²) >= 11 is 1.69. The third-order valence-corrected chi connectivity index (χ3v) is 3.92. The number of carbonyl (C=O) groups is 1. The minimum atomic E-state index is 0.134. The summed E-state index contributed by atoms with van der Waals surface area (Å²) in [6.07, 6.45) is 0.920. The van der Waals surface area contributed by atoms with Gasteiger partial charge < -0.3 is 4.74 Å². The summed E-state index contributed by atoms with van der Waals surface area (Å²) in [6, 6.07) is 5.76. The van der Waals surface area contributed by atoms with Crippen molar-refractivity contribution >= 4 is 17.5 Å². The monoisotopic (exact) mass is 250 g/mol. The molecule has 2 nitrogen and oxygen atoms in total. The van der Waals surface area contributed by atoms with Crippen molar-refractivity contribution in [1.82, 2.24) is 0 Å². The Hall–Kier alpha value is -0.960. The number of hydrogen-bond acceptors (Lipinski definition) is 3. The van der Waals surface area contributed by atoms with Crippen molar-refractivity contribution in [2.24, 2.45) is 0 Å². The quantitative estimate of drug-likeness (QED) is 0.770. The summed E-state index contributed by atoms with van der Waals surface area (Å²) in [6.45, 7) is 7.12. The molecule has 1 aromatic rings. The van der Waals surface area contributed by atoms with Crippen LogP contribution in [-0.2, 0) is 6.42 Å². The van der Waals surface area contributed by atoms with E-state index in [1.54, 1.807) is 11.8 Å². The van der Waals surface area contributed by atoms with Gasteiger partial charge in [0.05, 0.1) is 12.4 Å². The van der Waals surface area contributed by atoms with E-state index in [1.807, 2.05) is 18.2 Å². The van der Waals surface area contributed by atoms with E-state index in [4.69, 9.17) is 4.74 Å². The van der Waals surface area contributed by atoms with Gasteiger partial charge in [0.2, 0.25) is 0 Å². The number of Topliss-reactive ketones (excluding diaryl/α,β-unsaturated/α-hetero) is 1. The maximum absolute atomic E-state index is 12.0. The average molecular weight is 250 g/mol. The molecule has 3 heteroatoms. The van der Waals surface area contributed by atoms with Crippen molar-refractivity contribution < 1.29 is 9.53 Å². The van der Waals surface area contributed by atoms with Gasteiger partial charge in [-0.25, -0.2) is 0 Å². The second-order valence-electron chi connectivity index (χ2n) is 5.25. The van der Waals surface area contributed by atoms with Crippen LogP contribution >= 0.6 is 11.8 Å². The highest BCUT2D eigenvalue weighted by Gasteiger charge is 2.17. The lowest BCUT2D eigenvalue weighted by Crippen LogP contribution is -2.13. The van der Waals surface area contributed by atoms with E-state index in [2.05, 4.69) is 20.8 Å².